The number of Topliss-reactive ketones (excluding diaryl/α,β-unsaturated/α-hetero) is 1. The number of ether oxygens (including phenoxy) is 1. The van der Waals surface area contributed by atoms with Crippen molar-refractivity contribution in [2.45, 2.75) is 32.8 Å². The van der Waals surface area contributed by atoms with Gasteiger partial charge in [-0.1, -0.05) is 23.7 Å². The predicted octanol–water partition coefficient (Wildman–Crippen LogP) is 3.89. The molecule has 1 unspecified atom stereocenters. The van der Waals surface area contributed by atoms with E-state index >= 15 is 0 Å². The molecule has 1 amide bonds. The van der Waals surface area contributed by atoms with Gasteiger partial charge in [-0.2, -0.15) is 0 Å². The van der Waals surface area contributed by atoms with Crippen LogP contribution in [0.1, 0.15) is 36.2 Å². The zero-order chi connectivity index (χ0) is 20.0. The number of amides is 1. The van der Waals surface area contributed by atoms with Crippen molar-refractivity contribution in [3.05, 3.63) is 58.6 Å². The molecule has 0 aliphatic carbocycles. The smallest absolute Gasteiger partial charge is 0.223 e. The fraction of sp³-hybridized carbons (Fsp3) is 0.333. The number of hydrogen-bond acceptors (Lipinski definition) is 4. The summed E-state index contributed by atoms with van der Waals surface area (Å²) in [5.74, 6) is -0.257. The van der Waals surface area contributed by atoms with Crippen LogP contribution >= 0.6 is 11.6 Å². The second-order valence-electron chi connectivity index (χ2n) is 6.70. The first-order chi connectivity index (χ1) is 12.8. The number of hydrogen-bond donors (Lipinski definition) is 2. The van der Waals surface area contributed by atoms with Gasteiger partial charge in [-0.25, -0.2) is 0 Å². The summed E-state index contributed by atoms with van der Waals surface area (Å²) in [6.07, 6.45) is 0.528. The van der Waals surface area contributed by atoms with Crippen LogP contribution in [0.15, 0.2) is 42.5 Å². The number of carbonyl (C=O) groups excluding carboxylic acids is 2. The van der Waals surface area contributed by atoms with E-state index in [9.17, 15) is 9.59 Å². The van der Waals surface area contributed by atoms with Crippen LogP contribution in [0, 0.1) is 5.92 Å². The molecule has 0 saturated heterocycles. The Bertz CT molecular complexity index is 804. The van der Waals surface area contributed by atoms with E-state index in [0.29, 0.717) is 28.4 Å². The predicted molar refractivity (Wildman–Crippen MR) is 108 cm³/mol. The van der Waals surface area contributed by atoms with Gasteiger partial charge in [-0.15, -0.1) is 0 Å². The highest BCUT2D eigenvalue weighted by molar-refractivity contribution is 6.32. The van der Waals surface area contributed by atoms with Crippen LogP contribution in [0.3, 0.4) is 0 Å². The molecule has 2 rings (SSSR count). The highest BCUT2D eigenvalue weighted by atomic mass is 35.5. The van der Waals surface area contributed by atoms with E-state index in [1.807, 2.05) is 26.0 Å². The van der Waals surface area contributed by atoms with E-state index in [-0.39, 0.29) is 24.2 Å². The van der Waals surface area contributed by atoms with Gasteiger partial charge >= 0.3 is 0 Å². The van der Waals surface area contributed by atoms with E-state index in [2.05, 4.69) is 5.32 Å². The number of nitrogens with two attached hydrogens (primary N) is 1. The number of benzene rings is 2. The van der Waals surface area contributed by atoms with Gasteiger partial charge in [0, 0.05) is 30.6 Å². The Kier molecular flexibility index (Phi) is 7.25. The summed E-state index contributed by atoms with van der Waals surface area (Å²) in [5.41, 5.74) is 7.77. The van der Waals surface area contributed by atoms with Crippen LogP contribution in [-0.2, 0) is 11.2 Å². The van der Waals surface area contributed by atoms with E-state index in [0.717, 1.165) is 5.56 Å². The Morgan fingerprint density at radius 1 is 1.15 bits per heavy atom. The largest absolute Gasteiger partial charge is 0.489 e. The Morgan fingerprint density at radius 3 is 2.37 bits per heavy atom. The molecular weight excluding hydrogens is 364 g/mol. The highest BCUT2D eigenvalue weighted by Gasteiger charge is 2.23. The van der Waals surface area contributed by atoms with Crippen molar-refractivity contribution in [1.29, 1.82) is 0 Å². The maximum Gasteiger partial charge on any atom is 0.223 e. The minimum atomic E-state index is -0.475. The van der Waals surface area contributed by atoms with Crippen molar-refractivity contribution in [2.75, 3.05) is 12.8 Å². The molecule has 0 aliphatic rings. The van der Waals surface area contributed by atoms with Crippen molar-refractivity contribution in [1.82, 2.24) is 5.32 Å². The van der Waals surface area contributed by atoms with Gasteiger partial charge in [0.2, 0.25) is 5.91 Å². The van der Waals surface area contributed by atoms with Crippen molar-refractivity contribution in [3.8, 4) is 5.75 Å². The van der Waals surface area contributed by atoms with E-state index in [1.165, 1.54) is 0 Å². The summed E-state index contributed by atoms with van der Waals surface area (Å²) in [5, 5.41) is 3.01. The number of nitrogen functional groups attached to an aromatic ring is 1. The van der Waals surface area contributed by atoms with Crippen molar-refractivity contribution in [3.63, 3.8) is 0 Å². The quantitative estimate of drug-likeness (QED) is 0.531. The number of carbonyl (C=O) groups is 2. The van der Waals surface area contributed by atoms with Crippen molar-refractivity contribution < 1.29 is 14.3 Å². The van der Waals surface area contributed by atoms with Crippen LogP contribution in [-0.4, -0.2) is 24.8 Å². The molecule has 27 heavy (non-hydrogen) atoms. The Morgan fingerprint density at radius 2 is 1.81 bits per heavy atom. The third kappa shape index (κ3) is 6.00. The van der Waals surface area contributed by atoms with Gasteiger partial charge in [-0.05, 0) is 56.2 Å². The van der Waals surface area contributed by atoms with Crippen LogP contribution in [0.2, 0.25) is 5.02 Å². The lowest BCUT2D eigenvalue weighted by Crippen LogP contribution is -2.30. The average molecular weight is 389 g/mol. The molecule has 0 aromatic heterocycles. The van der Waals surface area contributed by atoms with Crippen molar-refractivity contribution >= 4 is 29.0 Å². The molecular formula is C21H25ClN2O3. The Labute approximate surface area is 164 Å². The van der Waals surface area contributed by atoms with E-state index in [4.69, 9.17) is 22.1 Å². The summed E-state index contributed by atoms with van der Waals surface area (Å²) in [6, 6.07) is 12.2. The summed E-state index contributed by atoms with van der Waals surface area (Å²) in [6.45, 7) is 3.81. The third-order valence-corrected chi connectivity index (χ3v) is 4.42. The summed E-state index contributed by atoms with van der Waals surface area (Å²) < 4.78 is 5.59. The molecule has 0 bridgehead atoms. The molecule has 2 aromatic rings. The van der Waals surface area contributed by atoms with Crippen LogP contribution in [0.4, 0.5) is 5.69 Å². The molecule has 0 saturated carbocycles. The molecule has 0 fully saturated rings. The normalized spacial score (nSPS) is 11.9. The van der Waals surface area contributed by atoms with Crippen LogP contribution < -0.4 is 15.8 Å². The molecule has 0 radical (unpaired) electrons. The summed E-state index contributed by atoms with van der Waals surface area (Å²) in [7, 11) is 1.57. The zero-order valence-corrected chi connectivity index (χ0v) is 16.5. The van der Waals surface area contributed by atoms with Gasteiger partial charge in [0.05, 0.1) is 11.1 Å². The lowest BCUT2D eigenvalue weighted by Gasteiger charge is -2.16. The summed E-state index contributed by atoms with van der Waals surface area (Å²) in [4.78, 5) is 25.0. The van der Waals surface area contributed by atoms with Crippen LogP contribution in [0.25, 0.3) is 0 Å². The fourth-order valence-corrected chi connectivity index (χ4v) is 2.99. The van der Waals surface area contributed by atoms with E-state index in [1.54, 1.807) is 37.4 Å². The molecule has 144 valence electrons. The zero-order valence-electron chi connectivity index (χ0n) is 15.8. The molecule has 3 N–H and O–H groups in total. The minimum Gasteiger partial charge on any atom is -0.489 e. The Hall–Kier alpha value is -2.53. The SMILES string of the molecule is CNC(=O)C(CC(=O)c1ccc(OC(C)C)c(Cl)c1)Cc1ccc(N)cc1. The molecule has 1 atom stereocenters. The maximum atomic E-state index is 12.7. The Balaban J connectivity index is 2.14. The van der Waals surface area contributed by atoms with Crippen LogP contribution in [0.5, 0.6) is 5.75 Å². The van der Waals surface area contributed by atoms with Gasteiger partial charge in [0.1, 0.15) is 5.75 Å². The second-order valence-corrected chi connectivity index (χ2v) is 7.10. The average Bonchev–Trinajstić information content (AvgIpc) is 2.63. The highest BCUT2D eigenvalue weighted by Crippen LogP contribution is 2.27. The van der Waals surface area contributed by atoms with Crippen molar-refractivity contribution in [2.24, 2.45) is 5.92 Å². The topological polar surface area (TPSA) is 81.4 Å². The number of ketones is 1. The van der Waals surface area contributed by atoms with Gasteiger partial charge in [0.15, 0.2) is 5.78 Å². The molecule has 0 spiro atoms. The van der Waals surface area contributed by atoms with E-state index < -0.39 is 5.92 Å². The van der Waals surface area contributed by atoms with Gasteiger partial charge in [0.25, 0.3) is 0 Å². The third-order valence-electron chi connectivity index (χ3n) is 4.13. The standard InChI is InChI=1S/C21H25ClN2O3/c1-13(2)27-20-9-6-15(11-18(20)22)19(25)12-16(21(26)24-3)10-14-4-7-17(23)8-5-14/h4-9,11,13,16H,10,12,23H2,1-3H3,(H,24,26). The molecule has 0 aliphatic heterocycles. The molecule has 0 heterocycles. The number of halogens is 1. The second kappa shape index (κ2) is 9.42. The number of anilines is 1. The molecule has 2 aromatic carbocycles. The first kappa shape index (κ1) is 20.8. The molecule has 5 nitrogen and oxygen atoms in total. The monoisotopic (exact) mass is 388 g/mol. The maximum absolute atomic E-state index is 12.7. The summed E-state index contributed by atoms with van der Waals surface area (Å²) >= 11 is 6.22. The fourth-order valence-electron chi connectivity index (χ4n) is 2.77. The number of nitrogens with one attached hydrogen (secondary N) is 1. The van der Waals surface area contributed by atoms with Gasteiger partial charge in [-0.3, -0.25) is 9.59 Å². The minimum absolute atomic E-state index is 0.0124. The molecule has 6 heteroatoms. The lowest BCUT2D eigenvalue weighted by atomic mass is 9.91. The number of rotatable bonds is 8. The van der Waals surface area contributed by atoms with Gasteiger partial charge < -0.3 is 15.8 Å². The first-order valence-corrected chi connectivity index (χ1v) is 9.23. The lowest BCUT2D eigenvalue weighted by molar-refractivity contribution is -0.124. The first-order valence-electron chi connectivity index (χ1n) is 8.85.